The van der Waals surface area contributed by atoms with E-state index < -0.39 is 51.9 Å². The van der Waals surface area contributed by atoms with Crippen LogP contribution in [0.2, 0.25) is 0 Å². The maximum atomic E-state index is 12.4. The molecule has 3 rings (SSSR count). The number of β-lactam (4-membered cyclic amide) rings is 1. The predicted octanol–water partition coefficient (Wildman–Crippen LogP) is 0.167. The van der Waals surface area contributed by atoms with Crippen molar-refractivity contribution in [2.24, 2.45) is 0 Å². The van der Waals surface area contributed by atoms with Gasteiger partial charge in [-0.3, -0.25) is 14.4 Å². The van der Waals surface area contributed by atoms with Crippen LogP contribution in [-0.2, 0) is 19.2 Å². The Morgan fingerprint density at radius 1 is 1.31 bits per heavy atom. The maximum absolute atomic E-state index is 12.4. The van der Waals surface area contributed by atoms with Gasteiger partial charge in [-0.15, -0.1) is 11.8 Å². The van der Waals surface area contributed by atoms with Crippen LogP contribution >= 0.6 is 23.1 Å². The SMILES string of the molecule is CC1(C)S[C@@H]2[C@H](NC(=O)[C@H](C(=O)O)c3ccsc3)C(=O)N2[C@H]1C(=O)O.[Na]. The maximum Gasteiger partial charge on any atom is 0.327 e. The van der Waals surface area contributed by atoms with Gasteiger partial charge < -0.3 is 20.4 Å². The Morgan fingerprint density at radius 3 is 2.46 bits per heavy atom. The molecule has 1 aromatic heterocycles. The third kappa shape index (κ3) is 3.40. The first-order chi connectivity index (χ1) is 11.6. The van der Waals surface area contributed by atoms with Crippen LogP contribution in [0.3, 0.4) is 0 Å². The van der Waals surface area contributed by atoms with E-state index in [0.29, 0.717) is 5.56 Å². The Morgan fingerprint density at radius 2 is 1.96 bits per heavy atom. The van der Waals surface area contributed by atoms with E-state index in [1.165, 1.54) is 28.0 Å². The third-order valence-electron chi connectivity index (χ3n) is 4.36. The van der Waals surface area contributed by atoms with Crippen LogP contribution in [-0.4, -0.2) is 90.6 Å². The van der Waals surface area contributed by atoms with Crippen molar-refractivity contribution in [1.82, 2.24) is 10.2 Å². The second kappa shape index (κ2) is 7.51. The molecule has 0 bridgehead atoms. The smallest absolute Gasteiger partial charge is 0.327 e. The Bertz CT molecular complexity index is 753. The van der Waals surface area contributed by atoms with Crippen molar-refractivity contribution in [2.45, 2.75) is 42.0 Å². The van der Waals surface area contributed by atoms with E-state index >= 15 is 0 Å². The fourth-order valence-electron chi connectivity index (χ4n) is 3.23. The van der Waals surface area contributed by atoms with Crippen molar-refractivity contribution in [3.05, 3.63) is 22.4 Å². The zero-order chi connectivity index (χ0) is 18.5. The number of carbonyl (C=O) groups is 4. The number of carboxylic acid groups (broad SMARTS) is 2. The number of nitrogens with zero attached hydrogens (tertiary/aromatic N) is 1. The van der Waals surface area contributed by atoms with Gasteiger partial charge in [-0.05, 0) is 36.2 Å². The Labute approximate surface area is 179 Å². The van der Waals surface area contributed by atoms with Gasteiger partial charge in [-0.1, -0.05) is 0 Å². The second-order valence-electron chi connectivity index (χ2n) is 6.41. The summed E-state index contributed by atoms with van der Waals surface area (Å²) in [5.74, 6) is -5.08. The number of rotatable bonds is 5. The molecule has 2 amide bonds. The molecule has 135 valence electrons. The summed E-state index contributed by atoms with van der Waals surface area (Å²) in [4.78, 5) is 48.9. The van der Waals surface area contributed by atoms with Crippen molar-refractivity contribution >= 4 is 76.4 Å². The number of aliphatic carboxylic acids is 2. The average molecular weight is 407 g/mol. The molecule has 2 saturated heterocycles. The molecule has 0 aromatic carbocycles. The molecule has 2 aliphatic rings. The summed E-state index contributed by atoms with van der Waals surface area (Å²) < 4.78 is -0.703. The van der Waals surface area contributed by atoms with Gasteiger partial charge in [-0.2, -0.15) is 11.3 Å². The molecular weight excluding hydrogens is 391 g/mol. The summed E-state index contributed by atoms with van der Waals surface area (Å²) in [6.07, 6.45) is 0. The van der Waals surface area contributed by atoms with Crippen LogP contribution in [0.15, 0.2) is 16.8 Å². The number of carbonyl (C=O) groups excluding carboxylic acids is 2. The topological polar surface area (TPSA) is 124 Å². The van der Waals surface area contributed by atoms with Gasteiger partial charge >= 0.3 is 11.9 Å². The van der Waals surface area contributed by atoms with Gasteiger partial charge in [-0.25, -0.2) is 4.79 Å². The van der Waals surface area contributed by atoms with Crippen molar-refractivity contribution in [1.29, 1.82) is 0 Å². The summed E-state index contributed by atoms with van der Waals surface area (Å²) in [6, 6.07) is -0.344. The van der Waals surface area contributed by atoms with E-state index in [2.05, 4.69) is 5.32 Å². The molecule has 4 atom stereocenters. The molecule has 3 N–H and O–H groups in total. The fourth-order valence-corrected chi connectivity index (χ4v) is 5.54. The average Bonchev–Trinajstić information content (AvgIpc) is 3.09. The Hall–Kier alpha value is -1.07. The van der Waals surface area contributed by atoms with Crippen LogP contribution in [0.25, 0.3) is 0 Å². The number of amides is 2. The molecule has 2 aliphatic heterocycles. The largest absolute Gasteiger partial charge is 0.480 e. The summed E-state index contributed by atoms with van der Waals surface area (Å²) in [7, 11) is 0. The van der Waals surface area contributed by atoms with E-state index in [9.17, 15) is 29.4 Å². The number of hydrogen-bond acceptors (Lipinski definition) is 6. The number of thioether (sulfide) groups is 1. The monoisotopic (exact) mass is 407 g/mol. The van der Waals surface area contributed by atoms with Gasteiger partial charge in [0.2, 0.25) is 11.8 Å². The molecule has 0 spiro atoms. The Balaban J connectivity index is 0.00000243. The van der Waals surface area contributed by atoms with Crippen molar-refractivity contribution in [3.8, 4) is 0 Å². The summed E-state index contributed by atoms with van der Waals surface area (Å²) >= 11 is 2.56. The number of hydrogen-bond donors (Lipinski definition) is 3. The van der Waals surface area contributed by atoms with Gasteiger partial charge in [0.15, 0.2) is 5.92 Å². The standard InChI is InChI=1S/C15H16N2O6S2.Na/c1-15(2)9(14(22)23)17-11(19)8(12(17)25-15)16-10(18)7(13(20)21)6-3-4-24-5-6;/h3-5,7-9,12H,1-2H3,(H,16,18)(H,20,21)(H,22,23);/t7-,8-,9+,12-;/m1./s1. The van der Waals surface area contributed by atoms with E-state index in [1.807, 2.05) is 0 Å². The van der Waals surface area contributed by atoms with Crippen LogP contribution in [0.1, 0.15) is 25.3 Å². The minimum Gasteiger partial charge on any atom is -0.480 e. The fraction of sp³-hybridized carbons (Fsp3) is 0.467. The number of nitrogens with one attached hydrogen (secondary N) is 1. The van der Waals surface area contributed by atoms with Crippen molar-refractivity contribution < 1.29 is 29.4 Å². The van der Waals surface area contributed by atoms with E-state index in [4.69, 9.17) is 0 Å². The minimum atomic E-state index is -1.40. The first kappa shape index (κ1) is 21.2. The third-order valence-corrected chi connectivity index (χ3v) is 6.63. The predicted molar refractivity (Wildman–Crippen MR) is 96.1 cm³/mol. The molecule has 2 fully saturated rings. The minimum absolute atomic E-state index is 0. The molecule has 1 aromatic rings. The summed E-state index contributed by atoms with van der Waals surface area (Å²) in [6.45, 7) is 3.46. The molecular formula is C15H16N2NaO6S2. The zero-order valence-corrected chi connectivity index (χ0v) is 18.0. The van der Waals surface area contributed by atoms with Gasteiger partial charge in [0, 0.05) is 34.3 Å². The second-order valence-corrected chi connectivity index (χ2v) is 8.96. The molecule has 1 radical (unpaired) electrons. The van der Waals surface area contributed by atoms with E-state index in [0.717, 1.165) is 0 Å². The quantitative estimate of drug-likeness (QED) is 0.361. The Kier molecular flexibility index (Phi) is 6.13. The number of fused-ring (bicyclic) bond motifs is 1. The first-order valence-corrected chi connectivity index (χ1v) is 9.25. The molecule has 0 unspecified atom stereocenters. The van der Waals surface area contributed by atoms with Crippen LogP contribution in [0.4, 0.5) is 0 Å². The molecule has 0 saturated carbocycles. The van der Waals surface area contributed by atoms with Crippen molar-refractivity contribution in [3.63, 3.8) is 0 Å². The molecule has 0 aliphatic carbocycles. The normalized spacial score (nSPS) is 26.9. The van der Waals surface area contributed by atoms with Crippen LogP contribution in [0, 0.1) is 0 Å². The number of carboxylic acids is 2. The zero-order valence-electron chi connectivity index (χ0n) is 14.3. The summed E-state index contributed by atoms with van der Waals surface area (Å²) in [5, 5.41) is 23.9. The number of thiophene rings is 1. The molecule has 11 heteroatoms. The molecule has 26 heavy (non-hydrogen) atoms. The molecule has 3 heterocycles. The molecule has 8 nitrogen and oxygen atoms in total. The van der Waals surface area contributed by atoms with E-state index in [1.54, 1.807) is 30.7 Å². The van der Waals surface area contributed by atoms with Crippen LogP contribution < -0.4 is 5.32 Å². The van der Waals surface area contributed by atoms with Crippen molar-refractivity contribution in [2.75, 3.05) is 0 Å². The summed E-state index contributed by atoms with van der Waals surface area (Å²) in [5.41, 5.74) is 0.349. The van der Waals surface area contributed by atoms with E-state index in [-0.39, 0.29) is 29.6 Å². The van der Waals surface area contributed by atoms with Gasteiger partial charge in [0.05, 0.1) is 0 Å². The first-order valence-electron chi connectivity index (χ1n) is 7.43. The van der Waals surface area contributed by atoms with Crippen LogP contribution in [0.5, 0.6) is 0 Å². The van der Waals surface area contributed by atoms with Gasteiger partial charge in [0.1, 0.15) is 17.5 Å². The van der Waals surface area contributed by atoms with Gasteiger partial charge in [0.25, 0.3) is 0 Å².